The number of carboxylic acid groups (broad SMARTS) is 1. The number of nitrogens with one attached hydrogen (secondary N) is 1. The number of rotatable bonds is 8. The van der Waals surface area contributed by atoms with Crippen LogP contribution in [0.5, 0.6) is 5.75 Å². The van der Waals surface area contributed by atoms with Crippen LogP contribution in [-0.2, 0) is 21.1 Å². The summed E-state index contributed by atoms with van der Waals surface area (Å²) < 4.78 is 30.3. The molecule has 1 heterocycles. The number of benzene rings is 1. The van der Waals surface area contributed by atoms with Crippen molar-refractivity contribution in [1.29, 1.82) is 0 Å². The first-order chi connectivity index (χ1) is 14.5. The average Bonchev–Trinajstić information content (AvgIpc) is 3.18. The Morgan fingerprint density at radius 1 is 1.32 bits per heavy atom. The fourth-order valence-corrected chi connectivity index (χ4v) is 4.79. The third-order valence-corrected chi connectivity index (χ3v) is 7.07. The number of aliphatic carboxylic acids is 1. The van der Waals surface area contributed by atoms with Crippen LogP contribution >= 0.6 is 0 Å². The molecule has 1 unspecified atom stereocenters. The van der Waals surface area contributed by atoms with Crippen LogP contribution in [0.15, 0.2) is 11.0 Å². The van der Waals surface area contributed by atoms with Crippen LogP contribution in [0.25, 0.3) is 0 Å². The standard InChI is InChI=1S/C19H31N3O4S.C2H4O2/c1-5-14-17(20)16(27(24,25)7-3)11-15(18(14)26-4)19(23)21-12-13-9-8-10-22(13)6-2;1-2(3)4/h11,13H,5-10,12,20H2,1-4H3,(H,21,23);1H3,(H,3,4). The summed E-state index contributed by atoms with van der Waals surface area (Å²) in [6.45, 7) is 9.13. The van der Waals surface area contributed by atoms with Crippen LogP contribution < -0.4 is 15.8 Å². The molecule has 4 N–H and O–H groups in total. The van der Waals surface area contributed by atoms with Crippen molar-refractivity contribution >= 4 is 27.4 Å². The molecular formula is C21H35N3O6S. The van der Waals surface area contributed by atoms with Crippen LogP contribution in [-0.4, -0.2) is 68.8 Å². The summed E-state index contributed by atoms with van der Waals surface area (Å²) >= 11 is 0. The molecule has 1 atom stereocenters. The molecule has 0 bridgehead atoms. The third kappa shape index (κ3) is 6.83. The van der Waals surface area contributed by atoms with E-state index in [4.69, 9.17) is 20.4 Å². The van der Waals surface area contributed by atoms with Gasteiger partial charge in [0.15, 0.2) is 9.84 Å². The van der Waals surface area contributed by atoms with E-state index in [1.807, 2.05) is 6.92 Å². The van der Waals surface area contributed by atoms with Gasteiger partial charge in [0.2, 0.25) is 0 Å². The fourth-order valence-electron chi connectivity index (χ4n) is 3.72. The number of likely N-dealkylation sites (tertiary alicyclic amines) is 1. The number of nitrogens with two attached hydrogens (primary N) is 1. The summed E-state index contributed by atoms with van der Waals surface area (Å²) in [7, 11) is -2.09. The van der Waals surface area contributed by atoms with Crippen molar-refractivity contribution in [1.82, 2.24) is 10.2 Å². The zero-order valence-electron chi connectivity index (χ0n) is 19.0. The second-order valence-electron chi connectivity index (χ2n) is 7.26. The lowest BCUT2D eigenvalue weighted by molar-refractivity contribution is -0.134. The minimum Gasteiger partial charge on any atom is -0.496 e. The van der Waals surface area contributed by atoms with E-state index in [0.717, 1.165) is 32.9 Å². The number of anilines is 1. The quantitative estimate of drug-likeness (QED) is 0.503. The number of carbonyl (C=O) groups excluding carboxylic acids is 1. The van der Waals surface area contributed by atoms with Gasteiger partial charge in [-0.25, -0.2) is 8.42 Å². The molecule has 1 aliphatic heterocycles. The summed E-state index contributed by atoms with van der Waals surface area (Å²) in [5, 5.41) is 10.4. The van der Waals surface area contributed by atoms with Gasteiger partial charge in [0, 0.05) is 25.1 Å². The molecule has 1 amide bonds. The SMILES string of the molecule is CC(=O)O.CCc1c(N)c(S(=O)(=O)CC)cc(C(=O)NCC2CCCN2CC)c1OC. The highest BCUT2D eigenvalue weighted by atomic mass is 32.2. The topological polar surface area (TPSA) is 139 Å². The highest BCUT2D eigenvalue weighted by molar-refractivity contribution is 7.91. The van der Waals surface area contributed by atoms with Gasteiger partial charge in [0.25, 0.3) is 11.9 Å². The van der Waals surface area contributed by atoms with E-state index in [-0.39, 0.29) is 27.8 Å². The number of carboxylic acids is 1. The van der Waals surface area contributed by atoms with Crippen LogP contribution in [0.2, 0.25) is 0 Å². The predicted molar refractivity (Wildman–Crippen MR) is 120 cm³/mol. The number of nitrogen functional groups attached to an aromatic ring is 1. The Labute approximate surface area is 184 Å². The first-order valence-corrected chi connectivity index (χ1v) is 12.1. The Balaban J connectivity index is 0.00000110. The van der Waals surface area contributed by atoms with Crippen molar-refractivity contribution in [3.05, 3.63) is 17.2 Å². The summed E-state index contributed by atoms with van der Waals surface area (Å²) in [6, 6.07) is 1.66. The number of nitrogens with zero attached hydrogens (tertiary/aromatic N) is 1. The van der Waals surface area contributed by atoms with Crippen LogP contribution in [0.4, 0.5) is 5.69 Å². The van der Waals surface area contributed by atoms with Crippen molar-refractivity contribution in [2.24, 2.45) is 0 Å². The molecule has 0 aliphatic carbocycles. The number of hydrogen-bond acceptors (Lipinski definition) is 7. The molecule has 176 valence electrons. The van der Waals surface area contributed by atoms with E-state index in [9.17, 15) is 13.2 Å². The van der Waals surface area contributed by atoms with E-state index >= 15 is 0 Å². The molecular weight excluding hydrogens is 422 g/mol. The van der Waals surface area contributed by atoms with Gasteiger partial charge in [-0.2, -0.15) is 0 Å². The van der Waals surface area contributed by atoms with Gasteiger partial charge in [0.1, 0.15) is 5.75 Å². The lowest BCUT2D eigenvalue weighted by atomic mass is 10.0. The molecule has 10 heteroatoms. The maximum Gasteiger partial charge on any atom is 0.300 e. The number of hydrogen-bond donors (Lipinski definition) is 3. The predicted octanol–water partition coefficient (Wildman–Crippen LogP) is 1.94. The minimum absolute atomic E-state index is 0.00357. The van der Waals surface area contributed by atoms with E-state index < -0.39 is 15.8 Å². The Bertz CT molecular complexity index is 882. The van der Waals surface area contributed by atoms with Crippen LogP contribution in [0.1, 0.15) is 56.5 Å². The van der Waals surface area contributed by atoms with Gasteiger partial charge < -0.3 is 20.9 Å². The lowest BCUT2D eigenvalue weighted by Gasteiger charge is -2.23. The van der Waals surface area contributed by atoms with Crippen LogP contribution in [0, 0.1) is 0 Å². The molecule has 1 saturated heterocycles. The van der Waals surface area contributed by atoms with Crippen molar-refractivity contribution in [3.63, 3.8) is 0 Å². The van der Waals surface area contributed by atoms with E-state index in [1.54, 1.807) is 6.92 Å². The Morgan fingerprint density at radius 3 is 2.42 bits per heavy atom. The van der Waals surface area contributed by atoms with E-state index in [0.29, 0.717) is 30.3 Å². The van der Waals surface area contributed by atoms with E-state index in [2.05, 4.69) is 17.1 Å². The molecule has 0 saturated carbocycles. The second kappa shape index (κ2) is 11.9. The van der Waals surface area contributed by atoms with Crippen LogP contribution in [0.3, 0.4) is 0 Å². The van der Waals surface area contributed by atoms with Crippen molar-refractivity contribution in [2.75, 3.05) is 38.2 Å². The number of ether oxygens (including phenoxy) is 1. The Morgan fingerprint density at radius 2 is 1.94 bits per heavy atom. The summed E-state index contributed by atoms with van der Waals surface area (Å²) in [5.74, 6) is -0.903. The first-order valence-electron chi connectivity index (χ1n) is 10.5. The number of methoxy groups -OCH3 is 1. The highest BCUT2D eigenvalue weighted by Crippen LogP contribution is 2.35. The molecule has 0 spiro atoms. The van der Waals surface area contributed by atoms with Gasteiger partial charge in [-0.3, -0.25) is 14.5 Å². The molecule has 31 heavy (non-hydrogen) atoms. The molecule has 1 aromatic carbocycles. The normalized spacial score (nSPS) is 16.4. The zero-order valence-corrected chi connectivity index (χ0v) is 19.8. The van der Waals surface area contributed by atoms with Gasteiger partial charge >= 0.3 is 0 Å². The molecule has 1 aromatic rings. The summed E-state index contributed by atoms with van der Waals surface area (Å²) in [4.78, 5) is 24.2. The second-order valence-corrected chi connectivity index (χ2v) is 9.51. The molecule has 0 aromatic heterocycles. The van der Waals surface area contributed by atoms with Crippen molar-refractivity contribution < 1.29 is 27.9 Å². The smallest absolute Gasteiger partial charge is 0.300 e. The Kier molecular flexibility index (Phi) is 10.3. The maximum atomic E-state index is 12.9. The van der Waals surface area contributed by atoms with E-state index in [1.165, 1.54) is 13.2 Å². The van der Waals surface area contributed by atoms with Gasteiger partial charge in [-0.15, -0.1) is 0 Å². The first kappa shape index (κ1) is 26.7. The van der Waals surface area contributed by atoms with Gasteiger partial charge in [-0.05, 0) is 38.4 Å². The maximum absolute atomic E-state index is 12.9. The minimum atomic E-state index is -3.55. The Hall–Kier alpha value is -2.33. The van der Waals surface area contributed by atoms with Crippen molar-refractivity contribution in [3.8, 4) is 5.75 Å². The van der Waals surface area contributed by atoms with Gasteiger partial charge in [-0.1, -0.05) is 20.8 Å². The molecule has 1 fully saturated rings. The fraction of sp³-hybridized carbons (Fsp3) is 0.619. The average molecular weight is 458 g/mol. The largest absolute Gasteiger partial charge is 0.496 e. The number of carbonyl (C=O) groups is 2. The number of likely N-dealkylation sites (N-methyl/N-ethyl adjacent to an activating group) is 1. The van der Waals surface area contributed by atoms with Crippen molar-refractivity contribution in [2.45, 2.75) is 57.9 Å². The number of amides is 1. The summed E-state index contributed by atoms with van der Waals surface area (Å²) in [6.07, 6.45) is 2.63. The molecule has 9 nitrogen and oxygen atoms in total. The molecule has 0 radical (unpaired) electrons. The molecule has 2 rings (SSSR count). The number of sulfone groups is 1. The molecule has 1 aliphatic rings. The van der Waals surface area contributed by atoms with Gasteiger partial charge in [0.05, 0.1) is 29.0 Å². The highest BCUT2D eigenvalue weighted by Gasteiger charge is 2.27. The lowest BCUT2D eigenvalue weighted by Crippen LogP contribution is -2.40. The monoisotopic (exact) mass is 457 g/mol. The zero-order chi connectivity index (χ0) is 23.8. The third-order valence-electron chi connectivity index (χ3n) is 5.31. The summed E-state index contributed by atoms with van der Waals surface area (Å²) in [5.41, 5.74) is 7.05.